The number of ether oxygens (including phenoxy) is 2. The van der Waals surface area contributed by atoms with E-state index in [1.165, 1.54) is 12.3 Å². The Morgan fingerprint density at radius 2 is 2.00 bits per heavy atom. The standard InChI is InChI=1S/C19H18O5/c1-12-3-6-17(22-2)14(7-12)11-24-19(21)8-13-10-23-18-9-15(20)4-5-16(13)18/h3-7,9-10,20H,8,11H2,1-2H3. The quantitative estimate of drug-likeness (QED) is 0.723. The summed E-state index contributed by atoms with van der Waals surface area (Å²) in [4.78, 5) is 12.1. The Hall–Kier alpha value is -2.95. The molecule has 0 aliphatic rings. The van der Waals surface area contributed by atoms with Crippen molar-refractivity contribution < 1.29 is 23.8 Å². The van der Waals surface area contributed by atoms with E-state index >= 15 is 0 Å². The molecule has 2 aromatic carbocycles. The number of rotatable bonds is 5. The number of carbonyl (C=O) groups excluding carboxylic acids is 1. The molecule has 0 amide bonds. The highest BCUT2D eigenvalue weighted by molar-refractivity contribution is 5.86. The molecule has 0 fully saturated rings. The molecule has 0 saturated carbocycles. The summed E-state index contributed by atoms with van der Waals surface area (Å²) in [6, 6.07) is 10.5. The summed E-state index contributed by atoms with van der Waals surface area (Å²) in [5.41, 5.74) is 3.17. The van der Waals surface area contributed by atoms with Crippen molar-refractivity contribution in [1.29, 1.82) is 0 Å². The van der Waals surface area contributed by atoms with Gasteiger partial charge in [-0.25, -0.2) is 0 Å². The van der Waals surface area contributed by atoms with Gasteiger partial charge in [0, 0.05) is 22.6 Å². The van der Waals surface area contributed by atoms with Gasteiger partial charge in [-0.15, -0.1) is 0 Å². The van der Waals surface area contributed by atoms with E-state index in [1.54, 1.807) is 19.2 Å². The predicted octanol–water partition coefficient (Wildman–Crippen LogP) is 3.74. The third kappa shape index (κ3) is 3.35. The molecule has 1 aromatic heterocycles. The Labute approximate surface area is 139 Å². The van der Waals surface area contributed by atoms with Crippen LogP contribution in [0.5, 0.6) is 11.5 Å². The maximum atomic E-state index is 12.1. The van der Waals surface area contributed by atoms with Crippen LogP contribution in [0, 0.1) is 6.92 Å². The fraction of sp³-hybridized carbons (Fsp3) is 0.211. The number of benzene rings is 2. The zero-order chi connectivity index (χ0) is 17.1. The van der Waals surface area contributed by atoms with Gasteiger partial charge < -0.3 is 19.0 Å². The number of aromatic hydroxyl groups is 1. The zero-order valence-electron chi connectivity index (χ0n) is 13.5. The van der Waals surface area contributed by atoms with Crippen LogP contribution in [0.2, 0.25) is 0 Å². The van der Waals surface area contributed by atoms with Gasteiger partial charge in [0.2, 0.25) is 0 Å². The van der Waals surface area contributed by atoms with Crippen LogP contribution in [0.1, 0.15) is 16.7 Å². The van der Waals surface area contributed by atoms with Crippen molar-refractivity contribution in [2.45, 2.75) is 20.0 Å². The maximum absolute atomic E-state index is 12.1. The molecule has 0 saturated heterocycles. The van der Waals surface area contributed by atoms with Crippen LogP contribution in [-0.4, -0.2) is 18.2 Å². The smallest absolute Gasteiger partial charge is 0.310 e. The van der Waals surface area contributed by atoms with Crippen LogP contribution in [0.25, 0.3) is 11.0 Å². The Balaban J connectivity index is 1.68. The number of furan rings is 1. The second kappa shape index (κ2) is 6.66. The van der Waals surface area contributed by atoms with Gasteiger partial charge in [0.1, 0.15) is 23.7 Å². The van der Waals surface area contributed by atoms with Crippen molar-refractivity contribution in [2.75, 3.05) is 7.11 Å². The van der Waals surface area contributed by atoms with Gasteiger partial charge in [-0.2, -0.15) is 0 Å². The fourth-order valence-corrected chi connectivity index (χ4v) is 2.59. The molecule has 0 atom stereocenters. The van der Waals surface area contributed by atoms with Crippen molar-refractivity contribution >= 4 is 16.9 Å². The van der Waals surface area contributed by atoms with Gasteiger partial charge in [0.05, 0.1) is 19.8 Å². The third-order valence-electron chi connectivity index (χ3n) is 3.80. The molecule has 5 heteroatoms. The molecule has 5 nitrogen and oxygen atoms in total. The number of hydrogen-bond acceptors (Lipinski definition) is 5. The molecule has 0 aliphatic heterocycles. The molecule has 0 bridgehead atoms. The number of phenolic OH excluding ortho intramolecular Hbond substituents is 1. The molecule has 124 valence electrons. The normalized spacial score (nSPS) is 10.8. The summed E-state index contributed by atoms with van der Waals surface area (Å²) in [6.45, 7) is 2.12. The first kappa shape index (κ1) is 15.9. The number of aryl methyl sites for hydroxylation is 1. The summed E-state index contributed by atoms with van der Waals surface area (Å²) in [5.74, 6) is 0.462. The van der Waals surface area contributed by atoms with Crippen molar-refractivity contribution in [1.82, 2.24) is 0 Å². The Bertz CT molecular complexity index is 879. The van der Waals surface area contributed by atoms with Crippen LogP contribution in [0.4, 0.5) is 0 Å². The van der Waals surface area contributed by atoms with Gasteiger partial charge in [-0.1, -0.05) is 11.6 Å². The predicted molar refractivity (Wildman–Crippen MR) is 89.1 cm³/mol. The molecule has 1 heterocycles. The number of phenols is 1. The van der Waals surface area contributed by atoms with Gasteiger partial charge >= 0.3 is 5.97 Å². The minimum Gasteiger partial charge on any atom is -0.508 e. The molecule has 0 radical (unpaired) electrons. The fourth-order valence-electron chi connectivity index (χ4n) is 2.59. The highest BCUT2D eigenvalue weighted by Crippen LogP contribution is 2.26. The van der Waals surface area contributed by atoms with E-state index < -0.39 is 0 Å². The summed E-state index contributed by atoms with van der Waals surface area (Å²) in [7, 11) is 1.59. The van der Waals surface area contributed by atoms with Gasteiger partial charge in [0.15, 0.2) is 0 Å². The van der Waals surface area contributed by atoms with E-state index in [2.05, 4.69) is 0 Å². The van der Waals surface area contributed by atoms with E-state index in [-0.39, 0.29) is 24.7 Å². The second-order valence-corrected chi connectivity index (χ2v) is 5.59. The topological polar surface area (TPSA) is 68.9 Å². The summed E-state index contributed by atoms with van der Waals surface area (Å²) < 4.78 is 16.0. The Morgan fingerprint density at radius 1 is 1.17 bits per heavy atom. The lowest BCUT2D eigenvalue weighted by Gasteiger charge is -2.10. The van der Waals surface area contributed by atoms with Gasteiger partial charge in [-0.3, -0.25) is 4.79 Å². The summed E-state index contributed by atoms with van der Waals surface area (Å²) >= 11 is 0. The summed E-state index contributed by atoms with van der Waals surface area (Å²) in [6.07, 6.45) is 1.62. The number of hydrogen-bond donors (Lipinski definition) is 1. The minimum absolute atomic E-state index is 0.103. The molecule has 24 heavy (non-hydrogen) atoms. The van der Waals surface area contributed by atoms with Crippen LogP contribution < -0.4 is 4.74 Å². The van der Waals surface area contributed by atoms with Gasteiger partial charge in [0.25, 0.3) is 0 Å². The Morgan fingerprint density at radius 3 is 2.79 bits per heavy atom. The molecular weight excluding hydrogens is 308 g/mol. The number of fused-ring (bicyclic) bond motifs is 1. The number of carbonyl (C=O) groups is 1. The zero-order valence-corrected chi connectivity index (χ0v) is 13.5. The molecule has 3 rings (SSSR count). The summed E-state index contributed by atoms with van der Waals surface area (Å²) in [5, 5.41) is 10.2. The monoisotopic (exact) mass is 326 g/mol. The number of methoxy groups -OCH3 is 1. The first-order valence-corrected chi connectivity index (χ1v) is 7.55. The van der Waals surface area contributed by atoms with Crippen LogP contribution in [0.3, 0.4) is 0 Å². The highest BCUT2D eigenvalue weighted by Gasteiger charge is 2.13. The third-order valence-corrected chi connectivity index (χ3v) is 3.80. The lowest BCUT2D eigenvalue weighted by Crippen LogP contribution is -2.08. The van der Waals surface area contributed by atoms with Crippen LogP contribution >= 0.6 is 0 Å². The first-order valence-electron chi connectivity index (χ1n) is 7.55. The average Bonchev–Trinajstić information content (AvgIpc) is 2.95. The lowest BCUT2D eigenvalue weighted by atomic mass is 10.1. The van der Waals surface area contributed by atoms with Crippen molar-refractivity contribution in [2.24, 2.45) is 0 Å². The average molecular weight is 326 g/mol. The van der Waals surface area contributed by atoms with Crippen molar-refractivity contribution in [3.63, 3.8) is 0 Å². The largest absolute Gasteiger partial charge is 0.508 e. The number of esters is 1. The second-order valence-electron chi connectivity index (χ2n) is 5.59. The SMILES string of the molecule is COc1ccc(C)cc1COC(=O)Cc1coc2cc(O)ccc12. The Kier molecular flexibility index (Phi) is 4.42. The molecular formula is C19H18O5. The van der Waals surface area contributed by atoms with Crippen molar-refractivity contribution in [3.8, 4) is 11.5 Å². The first-order chi connectivity index (χ1) is 11.6. The van der Waals surface area contributed by atoms with E-state index in [1.807, 2.05) is 25.1 Å². The molecule has 1 N–H and O–H groups in total. The van der Waals surface area contributed by atoms with Crippen LogP contribution in [0.15, 0.2) is 47.1 Å². The maximum Gasteiger partial charge on any atom is 0.310 e. The highest BCUT2D eigenvalue weighted by atomic mass is 16.5. The van der Waals surface area contributed by atoms with E-state index in [4.69, 9.17) is 13.9 Å². The molecule has 0 unspecified atom stereocenters. The van der Waals surface area contributed by atoms with E-state index in [0.29, 0.717) is 11.3 Å². The molecule has 0 spiro atoms. The van der Waals surface area contributed by atoms with Crippen molar-refractivity contribution in [3.05, 3.63) is 59.4 Å². The van der Waals surface area contributed by atoms with E-state index in [0.717, 1.165) is 22.1 Å². The van der Waals surface area contributed by atoms with Crippen LogP contribution in [-0.2, 0) is 22.6 Å². The molecule has 3 aromatic rings. The molecule has 0 aliphatic carbocycles. The lowest BCUT2D eigenvalue weighted by molar-refractivity contribution is -0.144. The van der Waals surface area contributed by atoms with E-state index in [9.17, 15) is 9.90 Å². The minimum atomic E-state index is -0.352. The van der Waals surface area contributed by atoms with Gasteiger partial charge in [-0.05, 0) is 31.2 Å².